The van der Waals surface area contributed by atoms with E-state index in [0.29, 0.717) is 29.1 Å². The van der Waals surface area contributed by atoms with Gasteiger partial charge in [0, 0.05) is 29.4 Å². The SMILES string of the molecule is CCn1cc(-c2cc(-c3ccccc3OCC(N)=O)nc(N)c2C#N)cn1. The van der Waals surface area contributed by atoms with E-state index in [9.17, 15) is 10.1 Å². The summed E-state index contributed by atoms with van der Waals surface area (Å²) < 4.78 is 7.24. The van der Waals surface area contributed by atoms with Crippen LogP contribution in [-0.4, -0.2) is 27.3 Å². The molecule has 27 heavy (non-hydrogen) atoms. The molecule has 0 radical (unpaired) electrons. The number of aromatic nitrogens is 3. The van der Waals surface area contributed by atoms with Crippen LogP contribution in [0.1, 0.15) is 12.5 Å². The number of benzene rings is 1. The molecular weight excluding hydrogens is 344 g/mol. The molecule has 1 amide bonds. The predicted octanol–water partition coefficient (Wildman–Crippen LogP) is 1.95. The number of nitrogens with two attached hydrogens (primary N) is 2. The van der Waals surface area contributed by atoms with E-state index < -0.39 is 5.91 Å². The van der Waals surface area contributed by atoms with Crippen molar-refractivity contribution in [2.75, 3.05) is 12.3 Å². The number of nitrogens with zero attached hydrogens (tertiary/aromatic N) is 4. The van der Waals surface area contributed by atoms with Crippen LogP contribution in [0.5, 0.6) is 5.75 Å². The Hall–Kier alpha value is -3.86. The number of ether oxygens (including phenoxy) is 1. The molecule has 8 heteroatoms. The van der Waals surface area contributed by atoms with Gasteiger partial charge >= 0.3 is 0 Å². The van der Waals surface area contributed by atoms with Crippen LogP contribution in [0.2, 0.25) is 0 Å². The van der Waals surface area contributed by atoms with Gasteiger partial charge in [-0.2, -0.15) is 10.4 Å². The van der Waals surface area contributed by atoms with Crippen LogP contribution in [0.15, 0.2) is 42.7 Å². The summed E-state index contributed by atoms with van der Waals surface area (Å²) in [6.45, 7) is 2.43. The van der Waals surface area contributed by atoms with Gasteiger partial charge in [0.1, 0.15) is 23.2 Å². The number of primary amides is 1. The maximum atomic E-state index is 11.0. The lowest BCUT2D eigenvalue weighted by molar-refractivity contribution is -0.119. The molecule has 3 aromatic rings. The van der Waals surface area contributed by atoms with Gasteiger partial charge in [-0.15, -0.1) is 0 Å². The van der Waals surface area contributed by atoms with Crippen molar-refractivity contribution in [2.24, 2.45) is 5.73 Å². The number of rotatable bonds is 6. The summed E-state index contributed by atoms with van der Waals surface area (Å²) in [5.74, 6) is -0.0214. The molecule has 136 valence electrons. The van der Waals surface area contributed by atoms with Crippen LogP contribution in [0.3, 0.4) is 0 Å². The van der Waals surface area contributed by atoms with Gasteiger partial charge in [-0.25, -0.2) is 4.98 Å². The van der Waals surface area contributed by atoms with E-state index in [0.717, 1.165) is 5.56 Å². The summed E-state index contributed by atoms with van der Waals surface area (Å²) in [6.07, 6.45) is 3.52. The second kappa shape index (κ2) is 7.58. The number of carbonyl (C=O) groups is 1. The maximum Gasteiger partial charge on any atom is 0.255 e. The number of carbonyl (C=O) groups excluding carboxylic acids is 1. The topological polar surface area (TPSA) is 133 Å². The van der Waals surface area contributed by atoms with Crippen LogP contribution >= 0.6 is 0 Å². The molecule has 8 nitrogen and oxygen atoms in total. The third-order valence-electron chi connectivity index (χ3n) is 3.96. The van der Waals surface area contributed by atoms with Crippen molar-refractivity contribution in [3.8, 4) is 34.2 Å². The smallest absolute Gasteiger partial charge is 0.255 e. The van der Waals surface area contributed by atoms with Crippen molar-refractivity contribution in [3.63, 3.8) is 0 Å². The molecule has 4 N–H and O–H groups in total. The first-order valence-electron chi connectivity index (χ1n) is 8.27. The molecule has 0 saturated heterocycles. The lowest BCUT2D eigenvalue weighted by atomic mass is 10.0. The fourth-order valence-electron chi connectivity index (χ4n) is 2.68. The monoisotopic (exact) mass is 362 g/mol. The number of hydrogen-bond acceptors (Lipinski definition) is 6. The highest BCUT2D eigenvalue weighted by atomic mass is 16.5. The molecule has 0 aliphatic heterocycles. The number of para-hydroxylation sites is 1. The Labute approximate surface area is 156 Å². The number of nitriles is 1. The second-order valence-electron chi connectivity index (χ2n) is 5.76. The third kappa shape index (κ3) is 3.72. The van der Waals surface area contributed by atoms with E-state index in [4.69, 9.17) is 16.2 Å². The molecule has 1 aromatic carbocycles. The van der Waals surface area contributed by atoms with Crippen molar-refractivity contribution in [3.05, 3.63) is 48.3 Å². The molecular formula is C19H18N6O2. The Morgan fingerprint density at radius 1 is 1.33 bits per heavy atom. The fourth-order valence-corrected chi connectivity index (χ4v) is 2.68. The Kier molecular flexibility index (Phi) is 5.04. The van der Waals surface area contributed by atoms with Crippen molar-refractivity contribution in [1.82, 2.24) is 14.8 Å². The van der Waals surface area contributed by atoms with Gasteiger partial charge in [0.25, 0.3) is 5.91 Å². The first-order valence-corrected chi connectivity index (χ1v) is 8.27. The van der Waals surface area contributed by atoms with Crippen LogP contribution < -0.4 is 16.2 Å². The highest BCUT2D eigenvalue weighted by molar-refractivity contribution is 5.81. The van der Waals surface area contributed by atoms with Crippen molar-refractivity contribution >= 4 is 11.7 Å². The molecule has 0 atom stereocenters. The van der Waals surface area contributed by atoms with Crippen LogP contribution in [0, 0.1) is 11.3 Å². The first-order chi connectivity index (χ1) is 13.0. The molecule has 2 heterocycles. The molecule has 2 aromatic heterocycles. The third-order valence-corrected chi connectivity index (χ3v) is 3.96. The van der Waals surface area contributed by atoms with Gasteiger partial charge in [0.2, 0.25) is 0 Å². The van der Waals surface area contributed by atoms with Gasteiger partial charge in [-0.05, 0) is 25.1 Å². The summed E-state index contributed by atoms with van der Waals surface area (Å²) in [6, 6.07) is 11.0. The number of pyridine rings is 1. The second-order valence-corrected chi connectivity index (χ2v) is 5.76. The summed E-state index contributed by atoms with van der Waals surface area (Å²) >= 11 is 0. The van der Waals surface area contributed by atoms with Gasteiger partial charge < -0.3 is 16.2 Å². The first kappa shape index (κ1) is 17.9. The highest BCUT2D eigenvalue weighted by Crippen LogP contribution is 2.34. The van der Waals surface area contributed by atoms with Crippen LogP contribution in [0.4, 0.5) is 5.82 Å². The Bertz CT molecular complexity index is 1030. The molecule has 0 fully saturated rings. The van der Waals surface area contributed by atoms with Gasteiger partial charge in [0.15, 0.2) is 6.61 Å². The normalized spacial score (nSPS) is 10.4. The molecule has 3 rings (SSSR count). The van der Waals surface area contributed by atoms with Crippen molar-refractivity contribution in [1.29, 1.82) is 5.26 Å². The largest absolute Gasteiger partial charge is 0.483 e. The van der Waals surface area contributed by atoms with Crippen LogP contribution in [0.25, 0.3) is 22.4 Å². The minimum Gasteiger partial charge on any atom is -0.483 e. The molecule has 0 saturated carbocycles. The summed E-state index contributed by atoms with van der Waals surface area (Å²) in [4.78, 5) is 15.4. The fraction of sp³-hybridized carbons (Fsp3) is 0.158. The summed E-state index contributed by atoms with van der Waals surface area (Å²) in [7, 11) is 0. The Morgan fingerprint density at radius 2 is 2.11 bits per heavy atom. The van der Waals surface area contributed by atoms with Crippen LogP contribution in [-0.2, 0) is 11.3 Å². The predicted molar refractivity (Wildman–Crippen MR) is 100 cm³/mol. The zero-order valence-corrected chi connectivity index (χ0v) is 14.7. The zero-order valence-electron chi connectivity index (χ0n) is 14.7. The summed E-state index contributed by atoms with van der Waals surface area (Å²) in [5.41, 5.74) is 14.0. The number of aryl methyl sites for hydroxylation is 1. The van der Waals surface area contributed by atoms with Gasteiger partial charge in [-0.1, -0.05) is 12.1 Å². The van der Waals surface area contributed by atoms with E-state index in [1.165, 1.54) is 0 Å². The average molecular weight is 362 g/mol. The van der Waals surface area contributed by atoms with Gasteiger partial charge in [0.05, 0.1) is 11.9 Å². The maximum absolute atomic E-state index is 11.0. The number of hydrogen-bond donors (Lipinski definition) is 2. The average Bonchev–Trinajstić information content (AvgIpc) is 3.15. The zero-order chi connectivity index (χ0) is 19.4. The summed E-state index contributed by atoms with van der Waals surface area (Å²) in [5, 5.41) is 13.8. The molecule has 0 unspecified atom stereocenters. The molecule has 0 spiro atoms. The van der Waals surface area contributed by atoms with E-state index in [1.54, 1.807) is 35.1 Å². The molecule has 0 bridgehead atoms. The van der Waals surface area contributed by atoms with E-state index in [1.807, 2.05) is 19.2 Å². The number of nitrogen functional groups attached to an aromatic ring is 1. The van der Waals surface area contributed by atoms with E-state index in [2.05, 4.69) is 16.2 Å². The van der Waals surface area contributed by atoms with Crippen molar-refractivity contribution in [2.45, 2.75) is 13.5 Å². The Morgan fingerprint density at radius 3 is 2.78 bits per heavy atom. The van der Waals surface area contributed by atoms with Crippen molar-refractivity contribution < 1.29 is 9.53 Å². The van der Waals surface area contributed by atoms with E-state index >= 15 is 0 Å². The lowest BCUT2D eigenvalue weighted by Gasteiger charge is -2.12. The highest BCUT2D eigenvalue weighted by Gasteiger charge is 2.17. The van der Waals surface area contributed by atoms with Gasteiger partial charge in [-0.3, -0.25) is 9.48 Å². The number of amides is 1. The quantitative estimate of drug-likeness (QED) is 0.688. The van der Waals surface area contributed by atoms with E-state index in [-0.39, 0.29) is 18.0 Å². The minimum atomic E-state index is -0.579. The number of anilines is 1. The molecule has 0 aliphatic rings. The molecule has 0 aliphatic carbocycles. The Balaban J connectivity index is 2.13. The minimum absolute atomic E-state index is 0.110. The standard InChI is InChI=1S/C19H18N6O2/c1-2-25-10-12(9-23-25)14-7-16(24-19(22)15(14)8-20)13-5-3-4-6-17(13)27-11-18(21)26/h3-7,9-10H,2,11H2,1H3,(H2,21,26)(H2,22,24). The lowest BCUT2D eigenvalue weighted by Crippen LogP contribution is -2.20.